The highest BCUT2D eigenvalue weighted by atomic mass is 15.1. The molecular formula is C15H32N2. The second-order valence-corrected chi connectivity index (χ2v) is 6.32. The van der Waals surface area contributed by atoms with E-state index in [2.05, 4.69) is 25.8 Å². The first-order chi connectivity index (χ1) is 8.09. The van der Waals surface area contributed by atoms with Gasteiger partial charge >= 0.3 is 0 Å². The number of nitrogens with zero attached hydrogens (tertiary/aromatic N) is 1. The molecule has 1 atom stereocenters. The Kier molecular flexibility index (Phi) is 7.14. The van der Waals surface area contributed by atoms with Crippen LogP contribution < -0.4 is 5.73 Å². The van der Waals surface area contributed by atoms with Crippen molar-refractivity contribution in [1.82, 2.24) is 4.90 Å². The molecule has 17 heavy (non-hydrogen) atoms. The predicted octanol–water partition coefficient (Wildman–Crippen LogP) is 3.26. The van der Waals surface area contributed by atoms with Gasteiger partial charge in [0.25, 0.3) is 0 Å². The minimum atomic E-state index is 0.367. The molecule has 1 aliphatic carbocycles. The molecule has 0 spiro atoms. The first kappa shape index (κ1) is 15.0. The Morgan fingerprint density at radius 1 is 1.12 bits per heavy atom. The molecule has 0 heterocycles. The Morgan fingerprint density at radius 2 is 1.71 bits per heavy atom. The Morgan fingerprint density at radius 3 is 2.24 bits per heavy atom. The summed E-state index contributed by atoms with van der Waals surface area (Å²) in [6, 6.07) is 0.367. The standard InChI is InChI=1S/C15H32N2/c1-13(2)15(16)10-11-17(3)12-14-8-6-4-5-7-9-14/h13-15H,4-12,16H2,1-3H3. The van der Waals surface area contributed by atoms with Crippen LogP contribution in [0.15, 0.2) is 0 Å². The van der Waals surface area contributed by atoms with E-state index in [9.17, 15) is 0 Å². The van der Waals surface area contributed by atoms with E-state index in [0.717, 1.165) is 18.9 Å². The van der Waals surface area contributed by atoms with Gasteiger partial charge in [-0.15, -0.1) is 0 Å². The number of nitrogens with two attached hydrogens (primary N) is 1. The summed E-state index contributed by atoms with van der Waals surface area (Å²) in [6.07, 6.45) is 9.84. The van der Waals surface area contributed by atoms with Gasteiger partial charge in [0, 0.05) is 12.6 Å². The highest BCUT2D eigenvalue weighted by molar-refractivity contribution is 4.71. The van der Waals surface area contributed by atoms with Gasteiger partial charge in [0.05, 0.1) is 0 Å². The molecule has 0 radical (unpaired) electrons. The molecule has 2 nitrogen and oxygen atoms in total. The van der Waals surface area contributed by atoms with Gasteiger partial charge in [-0.05, 0) is 44.7 Å². The van der Waals surface area contributed by atoms with Gasteiger partial charge < -0.3 is 10.6 Å². The van der Waals surface area contributed by atoms with E-state index < -0.39 is 0 Å². The van der Waals surface area contributed by atoms with Gasteiger partial charge in [-0.25, -0.2) is 0 Å². The van der Waals surface area contributed by atoms with Crippen molar-refractivity contribution in [1.29, 1.82) is 0 Å². The zero-order valence-electron chi connectivity index (χ0n) is 12.1. The highest BCUT2D eigenvalue weighted by Crippen LogP contribution is 2.23. The number of rotatable bonds is 6. The molecule has 1 unspecified atom stereocenters. The Hall–Kier alpha value is -0.0800. The first-order valence-corrected chi connectivity index (χ1v) is 7.53. The Labute approximate surface area is 108 Å². The van der Waals surface area contributed by atoms with Crippen molar-refractivity contribution in [3.05, 3.63) is 0 Å². The molecule has 0 aromatic carbocycles. The lowest BCUT2D eigenvalue weighted by Gasteiger charge is -2.25. The lowest BCUT2D eigenvalue weighted by Crippen LogP contribution is -2.33. The SMILES string of the molecule is CC(C)C(N)CCN(C)CC1CCCCCC1. The summed E-state index contributed by atoms with van der Waals surface area (Å²) in [5.41, 5.74) is 6.10. The third kappa shape index (κ3) is 6.42. The lowest BCUT2D eigenvalue weighted by atomic mass is 9.99. The highest BCUT2D eigenvalue weighted by Gasteiger charge is 2.15. The van der Waals surface area contributed by atoms with Crippen LogP contribution in [0.2, 0.25) is 0 Å². The maximum absolute atomic E-state index is 6.10. The molecule has 102 valence electrons. The third-order valence-electron chi connectivity index (χ3n) is 4.25. The third-order valence-corrected chi connectivity index (χ3v) is 4.25. The topological polar surface area (TPSA) is 29.3 Å². The van der Waals surface area contributed by atoms with Crippen LogP contribution in [0, 0.1) is 11.8 Å². The van der Waals surface area contributed by atoms with E-state index in [0.29, 0.717) is 12.0 Å². The monoisotopic (exact) mass is 240 g/mol. The summed E-state index contributed by atoms with van der Waals surface area (Å²) in [7, 11) is 2.26. The van der Waals surface area contributed by atoms with Crippen LogP contribution in [-0.4, -0.2) is 31.1 Å². The minimum Gasteiger partial charge on any atom is -0.327 e. The number of hydrogen-bond acceptors (Lipinski definition) is 2. The summed E-state index contributed by atoms with van der Waals surface area (Å²) in [6.45, 7) is 6.88. The molecule has 1 aliphatic rings. The summed E-state index contributed by atoms with van der Waals surface area (Å²) in [5.74, 6) is 1.55. The van der Waals surface area contributed by atoms with Gasteiger partial charge in [0.15, 0.2) is 0 Å². The fraction of sp³-hybridized carbons (Fsp3) is 1.00. The molecule has 0 aliphatic heterocycles. The normalized spacial score (nSPS) is 20.8. The zero-order valence-corrected chi connectivity index (χ0v) is 12.1. The molecule has 0 aromatic rings. The molecule has 0 aromatic heterocycles. The largest absolute Gasteiger partial charge is 0.327 e. The van der Waals surface area contributed by atoms with Crippen molar-refractivity contribution < 1.29 is 0 Å². The van der Waals surface area contributed by atoms with Crippen molar-refractivity contribution in [3.8, 4) is 0 Å². The average Bonchev–Trinajstić information content (AvgIpc) is 2.54. The van der Waals surface area contributed by atoms with Crippen LogP contribution >= 0.6 is 0 Å². The van der Waals surface area contributed by atoms with E-state index in [1.807, 2.05) is 0 Å². The van der Waals surface area contributed by atoms with Gasteiger partial charge in [0.2, 0.25) is 0 Å². The molecule has 2 heteroatoms. The quantitative estimate of drug-likeness (QED) is 0.722. The van der Waals surface area contributed by atoms with Crippen LogP contribution in [0.1, 0.15) is 58.8 Å². The lowest BCUT2D eigenvalue weighted by molar-refractivity contribution is 0.245. The molecule has 0 saturated heterocycles. The van der Waals surface area contributed by atoms with Gasteiger partial charge in [-0.2, -0.15) is 0 Å². The predicted molar refractivity (Wildman–Crippen MR) is 76.1 cm³/mol. The first-order valence-electron chi connectivity index (χ1n) is 7.53. The Bertz CT molecular complexity index is 183. The average molecular weight is 240 g/mol. The molecule has 1 rings (SSSR count). The van der Waals surface area contributed by atoms with E-state index in [4.69, 9.17) is 5.73 Å². The van der Waals surface area contributed by atoms with Crippen molar-refractivity contribution >= 4 is 0 Å². The smallest absolute Gasteiger partial charge is 0.00740 e. The van der Waals surface area contributed by atoms with Crippen LogP contribution in [-0.2, 0) is 0 Å². The summed E-state index contributed by atoms with van der Waals surface area (Å²) >= 11 is 0. The summed E-state index contributed by atoms with van der Waals surface area (Å²) in [5, 5.41) is 0. The molecule has 1 saturated carbocycles. The van der Waals surface area contributed by atoms with E-state index in [1.165, 1.54) is 45.1 Å². The van der Waals surface area contributed by atoms with E-state index in [1.54, 1.807) is 0 Å². The molecular weight excluding hydrogens is 208 g/mol. The minimum absolute atomic E-state index is 0.367. The van der Waals surface area contributed by atoms with Crippen molar-refractivity contribution in [3.63, 3.8) is 0 Å². The fourth-order valence-electron chi connectivity index (χ4n) is 2.78. The molecule has 0 bridgehead atoms. The van der Waals surface area contributed by atoms with Crippen LogP contribution in [0.4, 0.5) is 0 Å². The van der Waals surface area contributed by atoms with E-state index >= 15 is 0 Å². The summed E-state index contributed by atoms with van der Waals surface area (Å²) in [4.78, 5) is 2.50. The van der Waals surface area contributed by atoms with Crippen LogP contribution in [0.5, 0.6) is 0 Å². The Balaban J connectivity index is 2.16. The van der Waals surface area contributed by atoms with Gasteiger partial charge in [-0.1, -0.05) is 39.5 Å². The van der Waals surface area contributed by atoms with Crippen LogP contribution in [0.3, 0.4) is 0 Å². The van der Waals surface area contributed by atoms with Crippen LogP contribution in [0.25, 0.3) is 0 Å². The summed E-state index contributed by atoms with van der Waals surface area (Å²) < 4.78 is 0. The van der Waals surface area contributed by atoms with Gasteiger partial charge in [-0.3, -0.25) is 0 Å². The van der Waals surface area contributed by atoms with Crippen molar-refractivity contribution in [2.24, 2.45) is 17.6 Å². The number of hydrogen-bond donors (Lipinski definition) is 1. The maximum atomic E-state index is 6.10. The van der Waals surface area contributed by atoms with Gasteiger partial charge in [0.1, 0.15) is 0 Å². The zero-order chi connectivity index (χ0) is 12.7. The van der Waals surface area contributed by atoms with E-state index in [-0.39, 0.29) is 0 Å². The second kappa shape index (κ2) is 8.10. The molecule has 2 N–H and O–H groups in total. The second-order valence-electron chi connectivity index (χ2n) is 6.32. The fourth-order valence-corrected chi connectivity index (χ4v) is 2.78. The maximum Gasteiger partial charge on any atom is 0.00740 e. The van der Waals surface area contributed by atoms with Crippen molar-refractivity contribution in [2.45, 2.75) is 64.8 Å². The molecule has 1 fully saturated rings. The molecule has 0 amide bonds. The van der Waals surface area contributed by atoms with Crippen molar-refractivity contribution in [2.75, 3.05) is 20.1 Å².